The molecule has 1 saturated heterocycles. The molecule has 1 unspecified atom stereocenters. The number of nitrogens with two attached hydrogens (primary N) is 2. The SMILES string of the molecule is CCCCCNc1nc(N)nc2ccn(Cc3cc(CN4CCN(C(=O)CCNC(=O)C(CC(=O)O)SC[C@H](N)C(=O)O)CC4)ccc3OC)c12. The average Bonchev–Trinajstić information content (AvgIpc) is 3.50. The maximum Gasteiger partial charge on any atom is 0.321 e. The van der Waals surface area contributed by atoms with E-state index in [2.05, 4.69) is 43.1 Å². The summed E-state index contributed by atoms with van der Waals surface area (Å²) in [5.74, 6) is -1.52. The van der Waals surface area contributed by atoms with E-state index in [1.165, 1.54) is 0 Å². The largest absolute Gasteiger partial charge is 0.496 e. The number of ether oxygens (including phenoxy) is 1. The summed E-state index contributed by atoms with van der Waals surface area (Å²) in [7, 11) is 1.66. The van der Waals surface area contributed by atoms with Crippen molar-refractivity contribution in [1.82, 2.24) is 29.7 Å². The molecule has 0 saturated carbocycles. The summed E-state index contributed by atoms with van der Waals surface area (Å²) in [5, 5.41) is 23.2. The number of nitrogens with zero attached hydrogens (tertiary/aromatic N) is 5. The lowest BCUT2D eigenvalue weighted by molar-refractivity contribution is -0.138. The Balaban J connectivity index is 1.30. The van der Waals surface area contributed by atoms with Gasteiger partial charge in [0.05, 0.1) is 30.8 Å². The number of hydrogen-bond acceptors (Lipinski definition) is 12. The predicted octanol–water partition coefficient (Wildman–Crippen LogP) is 1.81. The van der Waals surface area contributed by atoms with Crippen molar-refractivity contribution in [3.63, 3.8) is 0 Å². The number of amides is 2. The van der Waals surface area contributed by atoms with Crippen LogP contribution >= 0.6 is 11.8 Å². The molecule has 1 fully saturated rings. The van der Waals surface area contributed by atoms with Gasteiger partial charge in [0.25, 0.3) is 0 Å². The zero-order chi connectivity index (χ0) is 36.9. The Kier molecular flexibility index (Phi) is 14.7. The van der Waals surface area contributed by atoms with Crippen LogP contribution in [0, 0.1) is 0 Å². The highest BCUT2D eigenvalue weighted by molar-refractivity contribution is 8.00. The van der Waals surface area contributed by atoms with Gasteiger partial charge in [-0.2, -0.15) is 4.98 Å². The summed E-state index contributed by atoms with van der Waals surface area (Å²) < 4.78 is 7.82. The van der Waals surface area contributed by atoms with Crippen molar-refractivity contribution in [1.29, 1.82) is 0 Å². The predicted molar refractivity (Wildman–Crippen MR) is 196 cm³/mol. The van der Waals surface area contributed by atoms with Crippen molar-refractivity contribution >= 4 is 58.3 Å². The number of anilines is 2. The van der Waals surface area contributed by atoms with E-state index in [1.807, 2.05) is 24.4 Å². The van der Waals surface area contributed by atoms with Crippen LogP contribution < -0.4 is 26.8 Å². The van der Waals surface area contributed by atoms with Gasteiger partial charge in [-0.05, 0) is 30.2 Å². The quantitative estimate of drug-likeness (QED) is 0.0912. The van der Waals surface area contributed by atoms with Crippen LogP contribution in [-0.4, -0.2) is 122 Å². The number of nitrogens with one attached hydrogen (secondary N) is 2. The molecule has 2 atom stereocenters. The van der Waals surface area contributed by atoms with Gasteiger partial charge in [0, 0.05) is 69.7 Å². The standard InChI is InChI=1S/C34H49N9O7S/c1-3-4-5-10-37-31-30-25(39-34(36)40-31)9-12-43(30)20-23-17-22(6-7-26(23)50-2)19-41-13-15-42(16-14-41)28(44)8-11-38-32(47)27(18-29(45)46)51-21-24(35)33(48)49/h6-7,9,12,17,24,27H,3-5,8,10-11,13-16,18-21,35H2,1-2H3,(H,38,47)(H,45,46)(H,48,49)(H3,36,37,39,40)/t24-,27?/m0/s1. The maximum atomic E-state index is 12.9. The number of methoxy groups -OCH3 is 1. The number of unbranched alkanes of at least 4 members (excludes halogenated alkanes) is 2. The molecule has 3 aromatic rings. The number of aromatic nitrogens is 3. The number of nitrogen functional groups attached to an aromatic ring is 1. The van der Waals surface area contributed by atoms with Gasteiger partial charge < -0.3 is 46.5 Å². The van der Waals surface area contributed by atoms with Crippen molar-refractivity contribution in [3.8, 4) is 5.75 Å². The number of aliphatic carboxylic acids is 2. The minimum absolute atomic E-state index is 0.0424. The molecule has 0 bridgehead atoms. The number of carboxylic acids is 2. The van der Waals surface area contributed by atoms with Crippen molar-refractivity contribution < 1.29 is 34.1 Å². The summed E-state index contributed by atoms with van der Waals surface area (Å²) >= 11 is 0.871. The summed E-state index contributed by atoms with van der Waals surface area (Å²) in [6, 6.07) is 6.88. The normalized spacial score (nSPS) is 14.6. The van der Waals surface area contributed by atoms with E-state index in [-0.39, 0.29) is 30.6 Å². The number of piperazine rings is 1. The molecule has 3 heterocycles. The lowest BCUT2D eigenvalue weighted by Gasteiger charge is -2.35. The molecule has 278 valence electrons. The smallest absolute Gasteiger partial charge is 0.321 e. The molecule has 1 aliphatic rings. The lowest BCUT2D eigenvalue weighted by atomic mass is 10.1. The van der Waals surface area contributed by atoms with Gasteiger partial charge in [-0.25, -0.2) is 4.98 Å². The molecule has 8 N–H and O–H groups in total. The second-order valence-electron chi connectivity index (χ2n) is 12.5. The third-order valence-corrected chi connectivity index (χ3v) is 9.94. The molecule has 51 heavy (non-hydrogen) atoms. The molecule has 16 nitrogen and oxygen atoms in total. The minimum Gasteiger partial charge on any atom is -0.496 e. The molecule has 4 rings (SSSR count). The summed E-state index contributed by atoms with van der Waals surface area (Å²) in [4.78, 5) is 60.7. The molecule has 1 aromatic carbocycles. The van der Waals surface area contributed by atoms with Crippen LogP contribution in [0.5, 0.6) is 5.75 Å². The first-order valence-electron chi connectivity index (χ1n) is 17.1. The van der Waals surface area contributed by atoms with Gasteiger partial charge in [-0.3, -0.25) is 24.1 Å². The lowest BCUT2D eigenvalue weighted by Crippen LogP contribution is -2.49. The Labute approximate surface area is 301 Å². The van der Waals surface area contributed by atoms with Gasteiger partial charge in [0.15, 0.2) is 5.82 Å². The fourth-order valence-electron chi connectivity index (χ4n) is 5.85. The van der Waals surface area contributed by atoms with Crippen molar-refractivity contribution in [2.45, 2.75) is 63.4 Å². The molecule has 0 spiro atoms. The molecular formula is C34H49N9O7S. The Morgan fingerprint density at radius 2 is 1.80 bits per heavy atom. The third kappa shape index (κ3) is 11.5. The average molecular weight is 728 g/mol. The number of carbonyl (C=O) groups is 4. The van der Waals surface area contributed by atoms with E-state index in [9.17, 15) is 19.2 Å². The number of rotatable bonds is 20. The van der Waals surface area contributed by atoms with E-state index >= 15 is 0 Å². The van der Waals surface area contributed by atoms with E-state index in [1.54, 1.807) is 12.0 Å². The molecule has 1 aliphatic heterocycles. The zero-order valence-electron chi connectivity index (χ0n) is 29.2. The zero-order valence-corrected chi connectivity index (χ0v) is 30.0. The summed E-state index contributed by atoms with van der Waals surface area (Å²) in [6.45, 7) is 6.66. The highest BCUT2D eigenvalue weighted by Gasteiger charge is 2.26. The number of hydrogen-bond donors (Lipinski definition) is 6. The van der Waals surface area contributed by atoms with Crippen LogP contribution in [0.2, 0.25) is 0 Å². The first kappa shape index (κ1) is 39.2. The van der Waals surface area contributed by atoms with E-state index < -0.39 is 35.6 Å². The van der Waals surface area contributed by atoms with Crippen molar-refractivity contribution in [3.05, 3.63) is 41.6 Å². The Hall–Kier alpha value is -4.61. The Morgan fingerprint density at radius 3 is 2.49 bits per heavy atom. The van der Waals surface area contributed by atoms with Crippen molar-refractivity contribution in [2.24, 2.45) is 5.73 Å². The van der Waals surface area contributed by atoms with Crippen LogP contribution in [0.1, 0.15) is 50.2 Å². The second kappa shape index (κ2) is 19.1. The number of carboxylic acid groups (broad SMARTS) is 2. The highest BCUT2D eigenvalue weighted by atomic mass is 32.2. The topological polar surface area (TPSA) is 231 Å². The number of fused-ring (bicyclic) bond motifs is 1. The van der Waals surface area contributed by atoms with Gasteiger partial charge >= 0.3 is 11.9 Å². The van der Waals surface area contributed by atoms with Crippen LogP contribution in [-0.2, 0) is 32.3 Å². The van der Waals surface area contributed by atoms with Gasteiger partial charge in [0.1, 0.15) is 17.3 Å². The first-order valence-corrected chi connectivity index (χ1v) is 18.2. The fraction of sp³-hybridized carbons (Fsp3) is 0.529. The molecule has 2 amide bonds. The van der Waals surface area contributed by atoms with E-state index in [0.29, 0.717) is 45.1 Å². The highest BCUT2D eigenvalue weighted by Crippen LogP contribution is 2.27. The van der Waals surface area contributed by atoms with Crippen LogP contribution in [0.3, 0.4) is 0 Å². The number of carbonyl (C=O) groups excluding carboxylic acids is 2. The monoisotopic (exact) mass is 727 g/mol. The van der Waals surface area contributed by atoms with Crippen LogP contribution in [0.15, 0.2) is 30.5 Å². The van der Waals surface area contributed by atoms with Gasteiger partial charge in [-0.1, -0.05) is 25.8 Å². The molecule has 17 heteroatoms. The fourth-order valence-corrected chi connectivity index (χ4v) is 6.93. The second-order valence-corrected chi connectivity index (χ2v) is 13.7. The third-order valence-electron chi connectivity index (χ3n) is 8.60. The van der Waals surface area contributed by atoms with Crippen molar-refractivity contribution in [2.75, 3.05) is 63.2 Å². The summed E-state index contributed by atoms with van der Waals surface area (Å²) in [6.07, 6.45) is 4.84. The maximum absolute atomic E-state index is 12.9. The number of thioether (sulfide) groups is 1. The summed E-state index contributed by atoms with van der Waals surface area (Å²) in [5.41, 5.74) is 15.3. The Bertz CT molecular complexity index is 1660. The molecule has 0 aliphatic carbocycles. The van der Waals surface area contributed by atoms with Crippen LogP contribution in [0.25, 0.3) is 11.0 Å². The number of benzene rings is 1. The Morgan fingerprint density at radius 1 is 1.04 bits per heavy atom. The van der Waals surface area contributed by atoms with E-state index in [4.69, 9.17) is 26.4 Å². The molecule has 0 radical (unpaired) electrons. The molecule has 2 aromatic heterocycles. The van der Waals surface area contributed by atoms with Crippen LogP contribution in [0.4, 0.5) is 11.8 Å². The molecular weight excluding hydrogens is 678 g/mol. The van der Waals surface area contributed by atoms with E-state index in [0.717, 1.165) is 65.5 Å². The minimum atomic E-state index is -1.24. The first-order chi connectivity index (χ1) is 24.5. The van der Waals surface area contributed by atoms with Gasteiger partial charge in [0.2, 0.25) is 17.8 Å². The van der Waals surface area contributed by atoms with Gasteiger partial charge in [-0.15, -0.1) is 11.8 Å².